The molecule has 0 spiro atoms. The van der Waals surface area contributed by atoms with Crippen molar-refractivity contribution in [2.24, 2.45) is 0 Å². The molecule has 7 nitrogen and oxygen atoms in total. The fraction of sp³-hybridized carbons (Fsp3) is 0.440. The molecule has 0 aliphatic carbocycles. The summed E-state index contributed by atoms with van der Waals surface area (Å²) in [5, 5.41) is 17.7. The number of carbonyl (C=O) groups excluding carboxylic acids is 1. The Morgan fingerprint density at radius 3 is 2.54 bits per heavy atom. The van der Waals surface area contributed by atoms with Crippen molar-refractivity contribution in [3.63, 3.8) is 0 Å². The number of fused-ring (bicyclic) bond motifs is 1. The Labute approximate surface area is 219 Å². The van der Waals surface area contributed by atoms with E-state index in [1.54, 1.807) is 12.1 Å². The first kappa shape index (κ1) is 27.5. The second kappa shape index (κ2) is 13.3. The third-order valence-corrected chi connectivity index (χ3v) is 7.47. The van der Waals surface area contributed by atoms with Crippen LogP contribution in [0, 0.1) is 0 Å². The minimum Gasteiger partial charge on any atom is -0.506 e. The number of halogens is 2. The molecule has 0 fully saturated rings. The average Bonchev–Trinajstić information content (AvgIpc) is 3.21. The van der Waals surface area contributed by atoms with Gasteiger partial charge in [-0.15, -0.1) is 0 Å². The van der Waals surface area contributed by atoms with Crippen molar-refractivity contribution in [1.82, 2.24) is 20.5 Å². The summed E-state index contributed by atoms with van der Waals surface area (Å²) in [5.74, 6) is 0.214. The van der Waals surface area contributed by atoms with Crippen LogP contribution in [0.15, 0.2) is 35.1 Å². The van der Waals surface area contributed by atoms with E-state index in [2.05, 4.69) is 15.6 Å². The number of carbonyl (C=O) groups is 1. The Morgan fingerprint density at radius 1 is 1.06 bits per heavy atom. The van der Waals surface area contributed by atoms with E-state index in [-0.39, 0.29) is 22.6 Å². The molecular formula is C25H32Cl2N4O3S. The minimum absolute atomic E-state index is 0.0880. The van der Waals surface area contributed by atoms with E-state index >= 15 is 0 Å². The fourth-order valence-electron chi connectivity index (χ4n) is 3.88. The van der Waals surface area contributed by atoms with Gasteiger partial charge in [0.05, 0.1) is 14.7 Å². The van der Waals surface area contributed by atoms with Crippen LogP contribution in [-0.4, -0.2) is 59.7 Å². The van der Waals surface area contributed by atoms with Gasteiger partial charge in [0.25, 0.3) is 0 Å². The molecule has 0 atom stereocenters. The van der Waals surface area contributed by atoms with E-state index in [0.717, 1.165) is 46.6 Å². The number of aromatic amines is 1. The van der Waals surface area contributed by atoms with E-state index in [0.29, 0.717) is 48.2 Å². The number of thiazole rings is 1. The summed E-state index contributed by atoms with van der Waals surface area (Å²) in [5.41, 5.74) is 2.61. The molecule has 3 aromatic rings. The standard InChI is InChI=1S/C25H32Cl2N4O3S/c1-16(2)31(22(33)9-12-28-10-7-17-3-5-19(26)20(27)15-17)14-13-29-11-8-18-4-6-21(32)23-24(18)35-25(34)30-23/h3-6,15-16,28-29,32H,7-14H2,1-2H3,(H,30,34). The summed E-state index contributed by atoms with van der Waals surface area (Å²) < 4.78 is 0.794. The number of hydrogen-bond donors (Lipinski definition) is 4. The second-order valence-corrected chi connectivity index (χ2v) is 10.4. The number of amides is 1. The topological polar surface area (TPSA) is 97.5 Å². The van der Waals surface area contributed by atoms with E-state index in [4.69, 9.17) is 23.2 Å². The molecule has 0 saturated carbocycles. The van der Waals surface area contributed by atoms with Gasteiger partial charge in [-0.1, -0.05) is 46.7 Å². The molecule has 4 N–H and O–H groups in total. The molecule has 0 aliphatic heterocycles. The number of nitrogens with one attached hydrogen (secondary N) is 3. The fourth-order valence-corrected chi connectivity index (χ4v) is 5.10. The third-order valence-electron chi connectivity index (χ3n) is 5.77. The summed E-state index contributed by atoms with van der Waals surface area (Å²) in [6.07, 6.45) is 1.98. The van der Waals surface area contributed by atoms with Crippen molar-refractivity contribution < 1.29 is 9.90 Å². The zero-order valence-electron chi connectivity index (χ0n) is 20.0. The first-order chi connectivity index (χ1) is 16.8. The number of rotatable bonds is 13. The normalized spacial score (nSPS) is 11.5. The molecular weight excluding hydrogens is 507 g/mol. The molecule has 1 heterocycles. The molecule has 0 unspecified atom stereocenters. The lowest BCUT2D eigenvalue weighted by atomic mass is 10.1. The SMILES string of the molecule is CC(C)N(CCNCCc1ccc(O)c2[nH]c(=O)sc12)C(=O)CCNCCc1ccc(Cl)c(Cl)c1. The van der Waals surface area contributed by atoms with Gasteiger partial charge >= 0.3 is 4.87 Å². The molecule has 35 heavy (non-hydrogen) atoms. The lowest BCUT2D eigenvalue weighted by Gasteiger charge is -2.27. The summed E-state index contributed by atoms with van der Waals surface area (Å²) >= 11 is 13.1. The number of phenolic OH excluding ortho intramolecular Hbond substituents is 1. The molecule has 190 valence electrons. The maximum atomic E-state index is 12.7. The highest BCUT2D eigenvalue weighted by molar-refractivity contribution is 7.16. The predicted octanol–water partition coefficient (Wildman–Crippen LogP) is 4.19. The number of phenols is 1. The summed E-state index contributed by atoms with van der Waals surface area (Å²) in [6.45, 7) is 7.44. The van der Waals surface area contributed by atoms with Crippen LogP contribution in [0.4, 0.5) is 0 Å². The Bertz CT molecular complexity index is 1200. The van der Waals surface area contributed by atoms with Crippen molar-refractivity contribution >= 4 is 50.7 Å². The Hall–Kier alpha value is -2.10. The van der Waals surface area contributed by atoms with Crippen molar-refractivity contribution in [2.45, 2.75) is 39.2 Å². The maximum Gasteiger partial charge on any atom is 0.305 e. The smallest absolute Gasteiger partial charge is 0.305 e. The van der Waals surface area contributed by atoms with Crippen LogP contribution in [0.5, 0.6) is 5.75 Å². The highest BCUT2D eigenvalue weighted by Crippen LogP contribution is 2.27. The van der Waals surface area contributed by atoms with Crippen molar-refractivity contribution in [3.8, 4) is 5.75 Å². The first-order valence-corrected chi connectivity index (χ1v) is 13.3. The number of nitrogens with zero attached hydrogens (tertiary/aromatic N) is 1. The molecule has 0 aliphatic rings. The number of aromatic nitrogens is 1. The highest BCUT2D eigenvalue weighted by Gasteiger charge is 2.16. The molecule has 0 radical (unpaired) electrons. The summed E-state index contributed by atoms with van der Waals surface area (Å²) in [6, 6.07) is 9.20. The number of hydrogen-bond acceptors (Lipinski definition) is 6. The average molecular weight is 540 g/mol. The van der Waals surface area contributed by atoms with Gasteiger partial charge in [0.15, 0.2) is 0 Å². The van der Waals surface area contributed by atoms with Crippen LogP contribution in [0.3, 0.4) is 0 Å². The van der Waals surface area contributed by atoms with Gasteiger partial charge in [0.1, 0.15) is 11.3 Å². The highest BCUT2D eigenvalue weighted by atomic mass is 35.5. The van der Waals surface area contributed by atoms with Crippen LogP contribution < -0.4 is 15.5 Å². The summed E-state index contributed by atoms with van der Waals surface area (Å²) in [4.78, 5) is 28.8. The minimum atomic E-state index is -0.175. The lowest BCUT2D eigenvalue weighted by Crippen LogP contribution is -2.42. The van der Waals surface area contributed by atoms with Crippen LogP contribution >= 0.6 is 34.5 Å². The Balaban J connectivity index is 1.36. The monoisotopic (exact) mass is 538 g/mol. The van der Waals surface area contributed by atoms with Crippen molar-refractivity contribution in [3.05, 3.63) is 61.2 Å². The molecule has 0 saturated heterocycles. The van der Waals surface area contributed by atoms with Gasteiger partial charge in [-0.2, -0.15) is 0 Å². The molecule has 3 rings (SSSR count). The van der Waals surface area contributed by atoms with Crippen LogP contribution in [0.1, 0.15) is 31.4 Å². The summed E-state index contributed by atoms with van der Waals surface area (Å²) in [7, 11) is 0. The number of aromatic hydroxyl groups is 1. The molecule has 2 aromatic carbocycles. The van der Waals surface area contributed by atoms with Crippen LogP contribution in [-0.2, 0) is 17.6 Å². The predicted molar refractivity (Wildman–Crippen MR) is 145 cm³/mol. The van der Waals surface area contributed by atoms with Crippen molar-refractivity contribution in [2.75, 3.05) is 32.7 Å². The number of benzene rings is 2. The Morgan fingerprint density at radius 2 is 1.80 bits per heavy atom. The molecule has 0 bridgehead atoms. The molecule has 1 amide bonds. The van der Waals surface area contributed by atoms with E-state index in [9.17, 15) is 14.7 Å². The second-order valence-electron chi connectivity index (χ2n) is 8.64. The van der Waals surface area contributed by atoms with E-state index < -0.39 is 0 Å². The molecule has 10 heteroatoms. The van der Waals surface area contributed by atoms with E-state index in [1.807, 2.05) is 36.9 Å². The number of H-pyrrole nitrogens is 1. The van der Waals surface area contributed by atoms with Gasteiger partial charge in [0, 0.05) is 32.1 Å². The molecule has 1 aromatic heterocycles. The van der Waals surface area contributed by atoms with Gasteiger partial charge < -0.3 is 25.6 Å². The van der Waals surface area contributed by atoms with Gasteiger partial charge in [0.2, 0.25) is 5.91 Å². The largest absolute Gasteiger partial charge is 0.506 e. The quantitative estimate of drug-likeness (QED) is 0.244. The zero-order valence-corrected chi connectivity index (χ0v) is 22.3. The maximum absolute atomic E-state index is 12.7. The van der Waals surface area contributed by atoms with Crippen LogP contribution in [0.25, 0.3) is 10.2 Å². The zero-order chi connectivity index (χ0) is 25.4. The van der Waals surface area contributed by atoms with Crippen LogP contribution in [0.2, 0.25) is 10.0 Å². The lowest BCUT2D eigenvalue weighted by molar-refractivity contribution is -0.132. The van der Waals surface area contributed by atoms with E-state index in [1.165, 1.54) is 0 Å². The van der Waals surface area contributed by atoms with Gasteiger partial charge in [-0.25, -0.2) is 0 Å². The van der Waals surface area contributed by atoms with Gasteiger partial charge in [-0.3, -0.25) is 9.59 Å². The Kier molecular flexibility index (Phi) is 10.4. The first-order valence-electron chi connectivity index (χ1n) is 11.7. The van der Waals surface area contributed by atoms with Gasteiger partial charge in [-0.05, 0) is 69.1 Å². The third kappa shape index (κ3) is 7.95. The van der Waals surface area contributed by atoms with Crippen molar-refractivity contribution in [1.29, 1.82) is 0 Å².